The molecule has 2 heterocycles. The number of nitrogens with one attached hydrogen (secondary N) is 1. The van der Waals surface area contributed by atoms with Crippen LogP contribution >= 0.6 is 11.6 Å². The highest BCUT2D eigenvalue weighted by molar-refractivity contribution is 6.35. The molecule has 3 rings (SSSR count). The first-order valence-electron chi connectivity index (χ1n) is 6.96. The van der Waals surface area contributed by atoms with E-state index >= 15 is 0 Å². The second-order valence-corrected chi connectivity index (χ2v) is 5.19. The summed E-state index contributed by atoms with van der Waals surface area (Å²) in [6.45, 7) is 1.82. The van der Waals surface area contributed by atoms with Crippen LogP contribution in [0.2, 0.25) is 5.02 Å². The molecule has 0 radical (unpaired) electrons. The van der Waals surface area contributed by atoms with Crippen molar-refractivity contribution in [2.75, 3.05) is 12.4 Å². The Hall–Kier alpha value is -2.54. The highest BCUT2D eigenvalue weighted by Gasteiger charge is 2.17. The van der Waals surface area contributed by atoms with Crippen molar-refractivity contribution in [1.82, 2.24) is 19.5 Å². The normalized spacial score (nSPS) is 11.0. The van der Waals surface area contributed by atoms with Crippen LogP contribution in [0, 0.1) is 5.82 Å². The summed E-state index contributed by atoms with van der Waals surface area (Å²) >= 11 is 6.07. The predicted octanol–water partition coefficient (Wildman–Crippen LogP) is 2.57. The summed E-state index contributed by atoms with van der Waals surface area (Å²) in [4.78, 5) is 25.4. The fourth-order valence-electron chi connectivity index (χ4n) is 2.30. The van der Waals surface area contributed by atoms with E-state index in [0.29, 0.717) is 23.9 Å². The molecule has 3 aromatic rings. The summed E-state index contributed by atoms with van der Waals surface area (Å²) in [6.07, 6.45) is 3.37. The van der Waals surface area contributed by atoms with Gasteiger partial charge in [-0.1, -0.05) is 18.5 Å². The van der Waals surface area contributed by atoms with Crippen LogP contribution in [0.3, 0.4) is 0 Å². The van der Waals surface area contributed by atoms with E-state index in [2.05, 4.69) is 20.3 Å². The number of halogens is 2. The topological polar surface area (TPSA) is 72.7 Å². The Morgan fingerprint density at radius 1 is 1.30 bits per heavy atom. The molecule has 118 valence electrons. The first-order valence-corrected chi connectivity index (χ1v) is 7.34. The molecule has 0 atom stereocenters. The van der Waals surface area contributed by atoms with Crippen LogP contribution in [0.15, 0.2) is 29.3 Å². The minimum absolute atomic E-state index is 0.0309. The van der Waals surface area contributed by atoms with Gasteiger partial charge < -0.3 is 5.32 Å². The summed E-state index contributed by atoms with van der Waals surface area (Å²) in [7, 11) is 1.72. The molecule has 0 fully saturated rings. The SMILES string of the molecule is CCc1nc2c(F)ccc(Cl)c2c(=O)n1-c1cnc(NC)cn1. The minimum atomic E-state index is -0.583. The average Bonchev–Trinajstić information content (AvgIpc) is 2.57. The number of benzene rings is 1. The van der Waals surface area contributed by atoms with Gasteiger partial charge in [-0.05, 0) is 12.1 Å². The summed E-state index contributed by atoms with van der Waals surface area (Å²) < 4.78 is 15.3. The first kappa shape index (κ1) is 15.4. The molecule has 0 amide bonds. The molecular formula is C15H13ClFN5O. The van der Waals surface area contributed by atoms with Gasteiger partial charge in [0.25, 0.3) is 5.56 Å². The van der Waals surface area contributed by atoms with Gasteiger partial charge in [-0.3, -0.25) is 4.79 Å². The van der Waals surface area contributed by atoms with Crippen molar-refractivity contribution in [3.8, 4) is 5.82 Å². The van der Waals surface area contributed by atoms with E-state index in [4.69, 9.17) is 11.6 Å². The molecule has 0 bridgehead atoms. The lowest BCUT2D eigenvalue weighted by atomic mass is 10.2. The molecule has 0 aliphatic carbocycles. The van der Waals surface area contributed by atoms with Gasteiger partial charge in [0.05, 0.1) is 22.8 Å². The van der Waals surface area contributed by atoms with Crippen molar-refractivity contribution in [3.05, 3.63) is 51.5 Å². The standard InChI is InChI=1S/C15H13ClFN5O/c1-3-11-21-14-9(17)5-4-8(16)13(14)15(23)22(11)12-7-19-10(18-2)6-20-12/h4-7H,3H2,1-2H3,(H,18,19). The third kappa shape index (κ3) is 2.53. The average molecular weight is 334 g/mol. The maximum atomic E-state index is 14.0. The summed E-state index contributed by atoms with van der Waals surface area (Å²) in [6, 6.07) is 2.54. The van der Waals surface area contributed by atoms with E-state index in [1.54, 1.807) is 7.05 Å². The number of hydrogen-bond acceptors (Lipinski definition) is 5. The molecule has 1 N–H and O–H groups in total. The smallest absolute Gasteiger partial charge is 0.268 e. The Balaban J connectivity index is 2.37. The van der Waals surface area contributed by atoms with Gasteiger partial charge in [-0.2, -0.15) is 0 Å². The second kappa shape index (κ2) is 5.92. The van der Waals surface area contributed by atoms with Gasteiger partial charge in [0, 0.05) is 13.5 Å². The number of aromatic nitrogens is 4. The van der Waals surface area contributed by atoms with Crippen LogP contribution in [0.5, 0.6) is 0 Å². The van der Waals surface area contributed by atoms with Crippen LogP contribution in [-0.2, 0) is 6.42 Å². The summed E-state index contributed by atoms with van der Waals surface area (Å²) in [5.74, 6) is 0.674. The predicted molar refractivity (Wildman–Crippen MR) is 86.8 cm³/mol. The Labute approximate surface area is 136 Å². The summed E-state index contributed by atoms with van der Waals surface area (Å²) in [5.41, 5.74) is -0.502. The van der Waals surface area contributed by atoms with Crippen molar-refractivity contribution < 1.29 is 4.39 Å². The Morgan fingerprint density at radius 2 is 2.09 bits per heavy atom. The van der Waals surface area contributed by atoms with Crippen LogP contribution in [-0.4, -0.2) is 26.6 Å². The summed E-state index contributed by atoms with van der Waals surface area (Å²) in [5, 5.41) is 3.03. The zero-order chi connectivity index (χ0) is 16.6. The van der Waals surface area contributed by atoms with Gasteiger partial charge in [0.1, 0.15) is 23.0 Å². The van der Waals surface area contributed by atoms with E-state index in [1.807, 2.05) is 6.92 Å². The Bertz CT molecular complexity index is 939. The van der Waals surface area contributed by atoms with Crippen molar-refractivity contribution in [1.29, 1.82) is 0 Å². The number of fused-ring (bicyclic) bond motifs is 1. The van der Waals surface area contributed by atoms with E-state index < -0.39 is 11.4 Å². The zero-order valence-corrected chi connectivity index (χ0v) is 13.2. The largest absolute Gasteiger partial charge is 0.372 e. The zero-order valence-electron chi connectivity index (χ0n) is 12.5. The van der Waals surface area contributed by atoms with E-state index in [9.17, 15) is 9.18 Å². The molecule has 6 nitrogen and oxygen atoms in total. The van der Waals surface area contributed by atoms with Crippen molar-refractivity contribution in [3.63, 3.8) is 0 Å². The first-order chi connectivity index (χ1) is 11.1. The molecular weight excluding hydrogens is 321 g/mol. The number of nitrogens with zero attached hydrogens (tertiary/aromatic N) is 4. The number of hydrogen-bond donors (Lipinski definition) is 1. The third-order valence-corrected chi connectivity index (χ3v) is 3.75. The minimum Gasteiger partial charge on any atom is -0.372 e. The lowest BCUT2D eigenvalue weighted by molar-refractivity contribution is 0.634. The lowest BCUT2D eigenvalue weighted by Gasteiger charge is -2.12. The molecule has 0 unspecified atom stereocenters. The maximum Gasteiger partial charge on any atom is 0.268 e. The van der Waals surface area contributed by atoms with Crippen molar-refractivity contribution in [2.45, 2.75) is 13.3 Å². The number of aryl methyl sites for hydroxylation is 1. The van der Waals surface area contributed by atoms with E-state index in [-0.39, 0.29) is 15.9 Å². The number of anilines is 1. The Kier molecular flexibility index (Phi) is 3.96. The molecule has 8 heteroatoms. The molecule has 1 aromatic carbocycles. The molecule has 0 saturated heterocycles. The highest BCUT2D eigenvalue weighted by atomic mass is 35.5. The van der Waals surface area contributed by atoms with Crippen LogP contribution in [0.4, 0.5) is 10.2 Å². The fraction of sp³-hybridized carbons (Fsp3) is 0.200. The molecule has 0 saturated carbocycles. The van der Waals surface area contributed by atoms with Gasteiger partial charge >= 0.3 is 0 Å². The Morgan fingerprint density at radius 3 is 2.70 bits per heavy atom. The van der Waals surface area contributed by atoms with Crippen molar-refractivity contribution in [2.24, 2.45) is 0 Å². The third-order valence-electron chi connectivity index (χ3n) is 3.43. The molecule has 23 heavy (non-hydrogen) atoms. The maximum absolute atomic E-state index is 14.0. The van der Waals surface area contributed by atoms with Crippen LogP contribution in [0.25, 0.3) is 16.7 Å². The van der Waals surface area contributed by atoms with Gasteiger partial charge in [-0.25, -0.2) is 23.9 Å². The molecule has 0 aliphatic heterocycles. The molecule has 0 aliphatic rings. The second-order valence-electron chi connectivity index (χ2n) is 4.78. The van der Waals surface area contributed by atoms with Gasteiger partial charge in [0.2, 0.25) is 0 Å². The van der Waals surface area contributed by atoms with E-state index in [0.717, 1.165) is 0 Å². The number of rotatable bonds is 3. The molecule has 2 aromatic heterocycles. The lowest BCUT2D eigenvalue weighted by Crippen LogP contribution is -2.25. The highest BCUT2D eigenvalue weighted by Crippen LogP contribution is 2.22. The van der Waals surface area contributed by atoms with E-state index in [1.165, 1.54) is 29.1 Å². The fourth-order valence-corrected chi connectivity index (χ4v) is 2.53. The van der Waals surface area contributed by atoms with Gasteiger partial charge in [0.15, 0.2) is 5.82 Å². The van der Waals surface area contributed by atoms with Gasteiger partial charge in [-0.15, -0.1) is 0 Å². The quantitative estimate of drug-likeness (QED) is 0.797. The van der Waals surface area contributed by atoms with Crippen LogP contribution in [0.1, 0.15) is 12.7 Å². The monoisotopic (exact) mass is 333 g/mol. The van der Waals surface area contributed by atoms with Crippen molar-refractivity contribution >= 4 is 28.3 Å². The molecule has 0 spiro atoms. The van der Waals surface area contributed by atoms with Crippen LogP contribution < -0.4 is 10.9 Å².